The highest BCUT2D eigenvalue weighted by Gasteiger charge is 2.35. The lowest BCUT2D eigenvalue weighted by molar-refractivity contribution is -0.122. The third kappa shape index (κ3) is 3.77. The summed E-state index contributed by atoms with van der Waals surface area (Å²) in [5.41, 5.74) is 2.33. The predicted octanol–water partition coefficient (Wildman–Crippen LogP) is 3.65. The van der Waals surface area contributed by atoms with E-state index in [1.165, 1.54) is 0 Å². The van der Waals surface area contributed by atoms with Crippen molar-refractivity contribution in [1.29, 1.82) is 0 Å². The Bertz CT molecular complexity index is 822. The van der Waals surface area contributed by atoms with Crippen LogP contribution in [-0.4, -0.2) is 25.5 Å². The number of nitrogens with zero attached hydrogens (tertiary/aromatic N) is 1. The molecule has 130 valence electrons. The van der Waals surface area contributed by atoms with Crippen LogP contribution in [0.2, 0.25) is 5.02 Å². The molecule has 1 atom stereocenters. The highest BCUT2D eigenvalue weighted by molar-refractivity contribution is 6.31. The molecule has 1 unspecified atom stereocenters. The van der Waals surface area contributed by atoms with Gasteiger partial charge in [0.25, 0.3) is 0 Å². The lowest BCUT2D eigenvalue weighted by Gasteiger charge is -2.17. The first kappa shape index (κ1) is 17.3. The first-order chi connectivity index (χ1) is 12.0. The van der Waals surface area contributed by atoms with Gasteiger partial charge in [-0.05, 0) is 36.8 Å². The molecule has 0 aromatic heterocycles. The monoisotopic (exact) mass is 358 g/mol. The molecule has 0 bridgehead atoms. The van der Waals surface area contributed by atoms with E-state index in [1.807, 2.05) is 31.2 Å². The molecule has 0 spiro atoms. The first-order valence-corrected chi connectivity index (χ1v) is 8.37. The van der Waals surface area contributed by atoms with E-state index in [0.717, 1.165) is 11.3 Å². The van der Waals surface area contributed by atoms with Gasteiger partial charge in [-0.1, -0.05) is 23.7 Å². The second-order valence-corrected chi connectivity index (χ2v) is 6.49. The van der Waals surface area contributed by atoms with E-state index in [4.69, 9.17) is 16.3 Å². The maximum atomic E-state index is 12.6. The Morgan fingerprint density at radius 2 is 2.08 bits per heavy atom. The molecule has 0 radical (unpaired) electrons. The summed E-state index contributed by atoms with van der Waals surface area (Å²) in [5, 5.41) is 3.44. The highest BCUT2D eigenvalue weighted by Crippen LogP contribution is 2.29. The minimum atomic E-state index is -0.405. The molecule has 1 heterocycles. The van der Waals surface area contributed by atoms with Gasteiger partial charge in [-0.25, -0.2) is 0 Å². The average molecular weight is 359 g/mol. The number of hydrogen-bond acceptors (Lipinski definition) is 3. The molecule has 2 aromatic rings. The summed E-state index contributed by atoms with van der Waals surface area (Å²) in [4.78, 5) is 26.5. The fraction of sp³-hybridized carbons (Fsp3) is 0.263. The van der Waals surface area contributed by atoms with Gasteiger partial charge in [-0.3, -0.25) is 9.59 Å². The third-order valence-corrected chi connectivity index (χ3v) is 4.55. The fourth-order valence-corrected chi connectivity index (χ4v) is 3.05. The van der Waals surface area contributed by atoms with Crippen molar-refractivity contribution in [2.45, 2.75) is 13.3 Å². The number of halogens is 1. The Hall–Kier alpha value is -2.53. The van der Waals surface area contributed by atoms with Crippen molar-refractivity contribution in [2.75, 3.05) is 23.9 Å². The van der Waals surface area contributed by atoms with Crippen LogP contribution < -0.4 is 15.0 Å². The smallest absolute Gasteiger partial charge is 0.229 e. The van der Waals surface area contributed by atoms with E-state index in [-0.39, 0.29) is 18.2 Å². The number of aryl methyl sites for hydroxylation is 1. The van der Waals surface area contributed by atoms with Gasteiger partial charge in [0.2, 0.25) is 11.8 Å². The van der Waals surface area contributed by atoms with Crippen molar-refractivity contribution < 1.29 is 14.3 Å². The maximum Gasteiger partial charge on any atom is 0.229 e. The molecule has 0 aliphatic carbocycles. The quantitative estimate of drug-likeness (QED) is 0.907. The summed E-state index contributed by atoms with van der Waals surface area (Å²) >= 11 is 5.99. The summed E-state index contributed by atoms with van der Waals surface area (Å²) in [5.74, 6) is 0.0187. The number of methoxy groups -OCH3 is 1. The molecule has 2 aromatic carbocycles. The summed E-state index contributed by atoms with van der Waals surface area (Å²) in [7, 11) is 1.58. The van der Waals surface area contributed by atoms with E-state index in [1.54, 1.807) is 30.2 Å². The van der Waals surface area contributed by atoms with E-state index in [2.05, 4.69) is 5.32 Å². The number of carbonyl (C=O) groups excluding carboxylic acids is 2. The first-order valence-electron chi connectivity index (χ1n) is 7.99. The van der Waals surface area contributed by atoms with Crippen LogP contribution in [0.25, 0.3) is 0 Å². The van der Waals surface area contributed by atoms with E-state index < -0.39 is 5.92 Å². The van der Waals surface area contributed by atoms with Crippen molar-refractivity contribution in [2.24, 2.45) is 5.92 Å². The number of anilines is 2. The Morgan fingerprint density at radius 1 is 1.28 bits per heavy atom. The molecule has 6 heteroatoms. The molecule has 2 amide bonds. The van der Waals surface area contributed by atoms with Crippen LogP contribution in [0.5, 0.6) is 5.75 Å². The Kier molecular flexibility index (Phi) is 4.95. The second kappa shape index (κ2) is 7.15. The van der Waals surface area contributed by atoms with Crippen LogP contribution in [0.4, 0.5) is 11.4 Å². The van der Waals surface area contributed by atoms with Gasteiger partial charge in [-0.2, -0.15) is 0 Å². The zero-order chi connectivity index (χ0) is 18.0. The SMILES string of the molecule is COc1cccc(N2CC(C(=O)Nc3cc(Cl)ccc3C)CC2=O)c1. The lowest BCUT2D eigenvalue weighted by Crippen LogP contribution is -2.28. The van der Waals surface area contributed by atoms with Crippen LogP contribution in [0.15, 0.2) is 42.5 Å². The van der Waals surface area contributed by atoms with Gasteiger partial charge in [0.1, 0.15) is 5.75 Å². The molecule has 1 N–H and O–H groups in total. The number of benzene rings is 2. The van der Waals surface area contributed by atoms with Crippen LogP contribution in [-0.2, 0) is 9.59 Å². The summed E-state index contributed by atoms with van der Waals surface area (Å²) in [6.07, 6.45) is 0.183. The number of ether oxygens (including phenoxy) is 1. The zero-order valence-electron chi connectivity index (χ0n) is 14.1. The Morgan fingerprint density at radius 3 is 2.84 bits per heavy atom. The number of nitrogens with one attached hydrogen (secondary N) is 1. The van der Waals surface area contributed by atoms with Gasteiger partial charge >= 0.3 is 0 Å². The molecule has 1 aliphatic rings. The molecule has 3 rings (SSSR count). The maximum absolute atomic E-state index is 12.6. The Labute approximate surface area is 151 Å². The van der Waals surface area contributed by atoms with Crippen LogP contribution in [0, 0.1) is 12.8 Å². The third-order valence-electron chi connectivity index (χ3n) is 4.32. The number of hydrogen-bond donors (Lipinski definition) is 1. The molecule has 1 saturated heterocycles. The lowest BCUT2D eigenvalue weighted by atomic mass is 10.1. The topological polar surface area (TPSA) is 58.6 Å². The number of rotatable bonds is 4. The van der Waals surface area contributed by atoms with Gasteiger partial charge < -0.3 is 15.0 Å². The highest BCUT2D eigenvalue weighted by atomic mass is 35.5. The van der Waals surface area contributed by atoms with E-state index in [9.17, 15) is 9.59 Å². The van der Waals surface area contributed by atoms with Crippen LogP contribution >= 0.6 is 11.6 Å². The molecule has 25 heavy (non-hydrogen) atoms. The Balaban J connectivity index is 1.73. The van der Waals surface area contributed by atoms with E-state index >= 15 is 0 Å². The van der Waals surface area contributed by atoms with Crippen molar-refractivity contribution >= 4 is 34.8 Å². The van der Waals surface area contributed by atoms with Gasteiger partial charge in [0.15, 0.2) is 0 Å². The minimum absolute atomic E-state index is 0.0729. The molecular weight excluding hydrogens is 340 g/mol. The van der Waals surface area contributed by atoms with Gasteiger partial charge in [0.05, 0.1) is 13.0 Å². The number of carbonyl (C=O) groups is 2. The summed E-state index contributed by atoms with van der Waals surface area (Å²) in [6, 6.07) is 12.6. The predicted molar refractivity (Wildman–Crippen MR) is 98.3 cm³/mol. The van der Waals surface area contributed by atoms with Crippen molar-refractivity contribution in [1.82, 2.24) is 0 Å². The minimum Gasteiger partial charge on any atom is -0.497 e. The van der Waals surface area contributed by atoms with E-state index in [0.29, 0.717) is 23.0 Å². The van der Waals surface area contributed by atoms with Crippen molar-refractivity contribution in [3.05, 3.63) is 53.1 Å². The summed E-state index contributed by atoms with van der Waals surface area (Å²) < 4.78 is 5.20. The van der Waals surface area contributed by atoms with Crippen LogP contribution in [0.1, 0.15) is 12.0 Å². The average Bonchev–Trinajstić information content (AvgIpc) is 3.00. The van der Waals surface area contributed by atoms with Gasteiger partial charge in [-0.15, -0.1) is 0 Å². The number of amides is 2. The van der Waals surface area contributed by atoms with Crippen molar-refractivity contribution in [3.8, 4) is 5.75 Å². The standard InChI is InChI=1S/C19H19ClN2O3/c1-12-6-7-14(20)9-17(12)21-19(24)13-8-18(23)22(11-13)15-4-3-5-16(10-15)25-2/h3-7,9-10,13H,8,11H2,1-2H3,(H,21,24). The second-order valence-electron chi connectivity index (χ2n) is 6.06. The molecule has 0 saturated carbocycles. The van der Waals surface area contributed by atoms with Crippen molar-refractivity contribution in [3.63, 3.8) is 0 Å². The fourth-order valence-electron chi connectivity index (χ4n) is 2.87. The molecule has 1 fully saturated rings. The molecule has 1 aliphatic heterocycles. The van der Waals surface area contributed by atoms with Gasteiger partial charge in [0, 0.05) is 35.4 Å². The molecular formula is C19H19ClN2O3. The molecule has 5 nitrogen and oxygen atoms in total. The summed E-state index contributed by atoms with van der Waals surface area (Å²) in [6.45, 7) is 2.24. The van der Waals surface area contributed by atoms with Crippen LogP contribution in [0.3, 0.4) is 0 Å². The largest absolute Gasteiger partial charge is 0.497 e. The normalized spacial score (nSPS) is 16.8. The zero-order valence-corrected chi connectivity index (χ0v) is 14.8.